The molecule has 0 radical (unpaired) electrons. The van der Waals surface area contributed by atoms with Crippen molar-refractivity contribution in [3.63, 3.8) is 0 Å². The van der Waals surface area contributed by atoms with Crippen molar-refractivity contribution in [2.75, 3.05) is 31.2 Å². The van der Waals surface area contributed by atoms with Crippen LogP contribution in [0, 0.1) is 5.82 Å². The molecular weight excluding hydrogens is 249 g/mol. The lowest BCUT2D eigenvalue weighted by Gasteiger charge is -2.29. The van der Waals surface area contributed by atoms with Gasteiger partial charge in [0.25, 0.3) is 0 Å². The van der Waals surface area contributed by atoms with Gasteiger partial charge in [-0.25, -0.2) is 4.39 Å². The zero-order valence-electron chi connectivity index (χ0n) is 10.6. The first-order valence-corrected chi connectivity index (χ1v) is 6.50. The fourth-order valence-electron chi connectivity index (χ4n) is 2.62. The van der Waals surface area contributed by atoms with Crippen molar-refractivity contribution in [1.82, 2.24) is 0 Å². The minimum absolute atomic E-state index is 0.341. The second-order valence-corrected chi connectivity index (χ2v) is 5.15. The van der Waals surface area contributed by atoms with E-state index in [-0.39, 0.29) is 5.82 Å². The number of hydrogen-bond donors (Lipinski definition) is 1. The summed E-state index contributed by atoms with van der Waals surface area (Å²) in [5, 5.41) is 9.22. The molecule has 102 valence electrons. The number of morpholine rings is 1. The van der Waals surface area contributed by atoms with Crippen LogP contribution in [-0.2, 0) is 14.9 Å². The molecule has 1 aliphatic carbocycles. The lowest BCUT2D eigenvalue weighted by molar-refractivity contribution is -0.140. The third-order valence-electron chi connectivity index (χ3n) is 4.01. The Morgan fingerprint density at radius 3 is 2.53 bits per heavy atom. The van der Waals surface area contributed by atoms with Gasteiger partial charge in [0.1, 0.15) is 5.82 Å². The molecule has 1 saturated heterocycles. The highest BCUT2D eigenvalue weighted by molar-refractivity contribution is 5.85. The molecule has 1 aromatic rings. The van der Waals surface area contributed by atoms with E-state index in [0.29, 0.717) is 50.4 Å². The summed E-state index contributed by atoms with van der Waals surface area (Å²) in [5.41, 5.74) is 0.271. The second kappa shape index (κ2) is 4.49. The molecule has 4 nitrogen and oxygen atoms in total. The minimum atomic E-state index is -0.856. The van der Waals surface area contributed by atoms with Crippen LogP contribution in [-0.4, -0.2) is 37.4 Å². The van der Waals surface area contributed by atoms with E-state index in [1.807, 2.05) is 4.90 Å². The van der Waals surface area contributed by atoms with Crippen molar-refractivity contribution in [3.05, 3.63) is 29.6 Å². The summed E-state index contributed by atoms with van der Waals surface area (Å²) in [6.45, 7) is 2.53. The zero-order valence-corrected chi connectivity index (χ0v) is 10.6. The number of benzene rings is 1. The fourth-order valence-corrected chi connectivity index (χ4v) is 2.62. The van der Waals surface area contributed by atoms with Crippen molar-refractivity contribution >= 4 is 11.7 Å². The topological polar surface area (TPSA) is 49.8 Å². The molecule has 2 fully saturated rings. The smallest absolute Gasteiger partial charge is 0.314 e. The zero-order chi connectivity index (χ0) is 13.5. The summed E-state index contributed by atoms with van der Waals surface area (Å²) >= 11 is 0. The quantitative estimate of drug-likeness (QED) is 0.905. The van der Waals surface area contributed by atoms with Crippen LogP contribution in [0.5, 0.6) is 0 Å². The Labute approximate surface area is 110 Å². The first-order valence-electron chi connectivity index (χ1n) is 6.50. The summed E-state index contributed by atoms with van der Waals surface area (Å²) in [4.78, 5) is 13.2. The first kappa shape index (κ1) is 12.4. The molecular formula is C14H16FNO3. The maximum Gasteiger partial charge on any atom is 0.314 e. The number of carboxylic acids is 1. The van der Waals surface area contributed by atoms with Crippen LogP contribution < -0.4 is 4.90 Å². The average molecular weight is 265 g/mol. The third-order valence-corrected chi connectivity index (χ3v) is 4.01. The molecule has 1 N–H and O–H groups in total. The predicted octanol–water partition coefficient (Wildman–Crippen LogP) is 1.78. The van der Waals surface area contributed by atoms with Crippen molar-refractivity contribution in [3.8, 4) is 0 Å². The summed E-state index contributed by atoms with van der Waals surface area (Å²) in [7, 11) is 0. The van der Waals surface area contributed by atoms with Crippen molar-refractivity contribution < 1.29 is 19.0 Å². The third kappa shape index (κ3) is 2.08. The maximum absolute atomic E-state index is 14.2. The Hall–Kier alpha value is -1.62. The first-order chi connectivity index (χ1) is 9.13. The maximum atomic E-state index is 14.2. The highest BCUT2D eigenvalue weighted by Gasteiger charge is 2.51. The van der Waals surface area contributed by atoms with E-state index in [4.69, 9.17) is 4.74 Å². The van der Waals surface area contributed by atoms with Gasteiger partial charge in [0.05, 0.1) is 24.3 Å². The molecule has 5 heteroatoms. The number of aliphatic carboxylic acids is 1. The van der Waals surface area contributed by atoms with Gasteiger partial charge in [-0.1, -0.05) is 6.07 Å². The summed E-state index contributed by atoms with van der Waals surface area (Å²) in [5.74, 6) is -1.20. The van der Waals surface area contributed by atoms with Gasteiger partial charge >= 0.3 is 5.97 Å². The second-order valence-electron chi connectivity index (χ2n) is 5.15. The van der Waals surface area contributed by atoms with Gasteiger partial charge in [-0.05, 0) is 30.5 Å². The molecule has 0 aromatic heterocycles. The van der Waals surface area contributed by atoms with E-state index in [2.05, 4.69) is 0 Å². The normalized spacial score (nSPS) is 21.2. The molecule has 0 atom stereocenters. The largest absolute Gasteiger partial charge is 0.481 e. The van der Waals surface area contributed by atoms with Crippen molar-refractivity contribution in [2.24, 2.45) is 0 Å². The highest BCUT2D eigenvalue weighted by Crippen LogP contribution is 2.49. The number of nitrogens with zero attached hydrogens (tertiary/aromatic N) is 1. The monoisotopic (exact) mass is 265 g/mol. The average Bonchev–Trinajstić information content (AvgIpc) is 3.21. The lowest BCUT2D eigenvalue weighted by atomic mass is 9.95. The van der Waals surface area contributed by atoms with Gasteiger partial charge in [0, 0.05) is 13.1 Å². The van der Waals surface area contributed by atoms with Crippen LogP contribution in [0.4, 0.5) is 10.1 Å². The van der Waals surface area contributed by atoms with Gasteiger partial charge in [-0.3, -0.25) is 4.79 Å². The minimum Gasteiger partial charge on any atom is -0.481 e. The van der Waals surface area contributed by atoms with Crippen molar-refractivity contribution in [2.45, 2.75) is 18.3 Å². The Kier molecular flexibility index (Phi) is 2.93. The Balaban J connectivity index is 1.88. The number of ether oxygens (including phenoxy) is 1. The van der Waals surface area contributed by atoms with Crippen LogP contribution in [0.3, 0.4) is 0 Å². The standard InChI is InChI=1S/C14H16FNO3/c15-11-9-10(14(3-4-14)13(17)18)1-2-12(11)16-5-7-19-8-6-16/h1-2,9H,3-8H2,(H,17,18). The van der Waals surface area contributed by atoms with E-state index in [1.165, 1.54) is 6.07 Å². The molecule has 0 spiro atoms. The molecule has 19 heavy (non-hydrogen) atoms. The molecule has 0 amide bonds. The van der Waals surface area contributed by atoms with Gasteiger partial charge in [0.2, 0.25) is 0 Å². The number of hydrogen-bond acceptors (Lipinski definition) is 3. The molecule has 3 rings (SSSR count). The van der Waals surface area contributed by atoms with Crippen LogP contribution >= 0.6 is 0 Å². The molecule has 2 aliphatic rings. The SMILES string of the molecule is O=C(O)C1(c2ccc(N3CCOCC3)c(F)c2)CC1. The van der Waals surface area contributed by atoms with E-state index < -0.39 is 11.4 Å². The van der Waals surface area contributed by atoms with Gasteiger partial charge in [0.15, 0.2) is 0 Å². The van der Waals surface area contributed by atoms with E-state index in [1.54, 1.807) is 12.1 Å². The summed E-state index contributed by atoms with van der Waals surface area (Å²) in [6.07, 6.45) is 1.19. The van der Waals surface area contributed by atoms with E-state index in [0.717, 1.165) is 0 Å². The highest BCUT2D eigenvalue weighted by atomic mass is 19.1. The van der Waals surface area contributed by atoms with Crippen LogP contribution in [0.1, 0.15) is 18.4 Å². The molecule has 1 aromatic carbocycles. The predicted molar refractivity (Wildman–Crippen MR) is 68.0 cm³/mol. The van der Waals surface area contributed by atoms with E-state index in [9.17, 15) is 14.3 Å². The van der Waals surface area contributed by atoms with Gasteiger partial charge in [-0.15, -0.1) is 0 Å². The number of anilines is 1. The molecule has 0 bridgehead atoms. The number of rotatable bonds is 3. The van der Waals surface area contributed by atoms with E-state index >= 15 is 0 Å². The fraction of sp³-hybridized carbons (Fsp3) is 0.500. The van der Waals surface area contributed by atoms with Crippen LogP contribution in [0.15, 0.2) is 18.2 Å². The van der Waals surface area contributed by atoms with Crippen LogP contribution in [0.2, 0.25) is 0 Å². The number of carboxylic acid groups (broad SMARTS) is 1. The van der Waals surface area contributed by atoms with Gasteiger partial charge < -0.3 is 14.7 Å². The van der Waals surface area contributed by atoms with Crippen molar-refractivity contribution in [1.29, 1.82) is 0 Å². The molecule has 0 unspecified atom stereocenters. The summed E-state index contributed by atoms with van der Waals surface area (Å²) in [6, 6.07) is 4.82. The number of carbonyl (C=O) groups is 1. The molecule has 1 aliphatic heterocycles. The molecule has 1 saturated carbocycles. The lowest BCUT2D eigenvalue weighted by Crippen LogP contribution is -2.36. The molecule has 1 heterocycles. The van der Waals surface area contributed by atoms with Crippen LogP contribution in [0.25, 0.3) is 0 Å². The Bertz CT molecular complexity index is 507. The Morgan fingerprint density at radius 2 is 2.00 bits per heavy atom. The van der Waals surface area contributed by atoms with Gasteiger partial charge in [-0.2, -0.15) is 0 Å². The number of halogens is 1. The Morgan fingerprint density at radius 1 is 1.32 bits per heavy atom. The summed E-state index contributed by atoms with van der Waals surface area (Å²) < 4.78 is 19.4.